The molecule has 2 aromatic carbocycles. The molecule has 1 unspecified atom stereocenters. The molecule has 8 nitrogen and oxygen atoms in total. The Balaban J connectivity index is 1.38. The fraction of sp³-hybridized carbons (Fsp3) is 0.318. The lowest BCUT2D eigenvalue weighted by molar-refractivity contribution is 0.346. The van der Waals surface area contributed by atoms with E-state index in [2.05, 4.69) is 14.7 Å². The maximum Gasteiger partial charge on any atom is 0.243 e. The number of rotatable bonds is 6. The minimum Gasteiger partial charge on any atom is -0.286 e. The zero-order valence-corrected chi connectivity index (χ0v) is 20.5. The van der Waals surface area contributed by atoms with Gasteiger partial charge in [-0.3, -0.25) is 5.41 Å². The van der Waals surface area contributed by atoms with Crippen molar-refractivity contribution in [3.8, 4) is 0 Å². The molecule has 1 atom stereocenters. The van der Waals surface area contributed by atoms with Gasteiger partial charge in [0, 0.05) is 25.0 Å². The molecule has 1 fully saturated rings. The Hall–Kier alpha value is -2.47. The van der Waals surface area contributed by atoms with E-state index in [9.17, 15) is 8.42 Å². The Morgan fingerprint density at radius 3 is 2.42 bits per heavy atom. The number of nitrogens with one attached hydrogen (secondary N) is 1. The third-order valence-electron chi connectivity index (χ3n) is 5.49. The van der Waals surface area contributed by atoms with Gasteiger partial charge in [-0.2, -0.15) is 9.41 Å². The molecule has 33 heavy (non-hydrogen) atoms. The number of hydrogen-bond donors (Lipinski definition) is 1. The largest absolute Gasteiger partial charge is 0.286 e. The number of amidine groups is 1. The summed E-state index contributed by atoms with van der Waals surface area (Å²) in [7, 11) is -3.47. The van der Waals surface area contributed by atoms with E-state index in [-0.39, 0.29) is 10.7 Å². The van der Waals surface area contributed by atoms with Gasteiger partial charge in [-0.1, -0.05) is 36.8 Å². The van der Waals surface area contributed by atoms with Crippen LogP contribution in [-0.4, -0.2) is 41.6 Å². The van der Waals surface area contributed by atoms with Crippen LogP contribution in [0.5, 0.6) is 0 Å². The first-order valence-corrected chi connectivity index (χ1v) is 13.2. The lowest BCUT2D eigenvalue weighted by atomic mass is 10.1. The van der Waals surface area contributed by atoms with Gasteiger partial charge in [0.1, 0.15) is 11.8 Å². The number of hydrazone groups is 1. The maximum absolute atomic E-state index is 12.8. The lowest BCUT2D eigenvalue weighted by Crippen LogP contribution is -2.35. The molecule has 172 valence electrons. The van der Waals surface area contributed by atoms with Gasteiger partial charge in [0.05, 0.1) is 26.2 Å². The van der Waals surface area contributed by atoms with Gasteiger partial charge in [-0.15, -0.1) is 9.63 Å². The molecular formula is C22H24N6O2S3. The fourth-order valence-corrected chi connectivity index (χ4v) is 6.24. The summed E-state index contributed by atoms with van der Waals surface area (Å²) in [4.78, 5) is 0.263. The topological polar surface area (TPSA) is 102 Å². The fourth-order valence-electron chi connectivity index (χ4n) is 3.74. The van der Waals surface area contributed by atoms with Crippen LogP contribution in [0.25, 0.3) is 0 Å². The summed E-state index contributed by atoms with van der Waals surface area (Å²) in [5, 5.41) is 18.7. The molecule has 0 saturated carbocycles. The number of thiocarbonyl (C=S) groups is 1. The molecule has 0 radical (unpaired) electrons. The van der Waals surface area contributed by atoms with E-state index in [1.54, 1.807) is 33.6 Å². The van der Waals surface area contributed by atoms with Gasteiger partial charge >= 0.3 is 0 Å². The summed E-state index contributed by atoms with van der Waals surface area (Å²) < 4.78 is 31.6. The quantitative estimate of drug-likeness (QED) is 0.325. The average Bonchev–Trinajstić information content (AvgIpc) is 3.14. The zero-order valence-electron chi connectivity index (χ0n) is 18.1. The number of piperidine rings is 1. The highest BCUT2D eigenvalue weighted by Gasteiger charge is 2.34. The van der Waals surface area contributed by atoms with E-state index in [0.717, 1.165) is 42.6 Å². The first kappa shape index (κ1) is 23.7. The van der Waals surface area contributed by atoms with Crippen molar-refractivity contribution in [1.29, 1.82) is 5.41 Å². The van der Waals surface area contributed by atoms with Crippen LogP contribution < -0.4 is 5.01 Å². The SMILES string of the molecule is CC1=NN(c2ccccc2)C(=N)C1C(=S)SN=Nc1ccc(S(=O)(=O)N2CCCCC2)cc1. The summed E-state index contributed by atoms with van der Waals surface area (Å²) in [6.07, 6.45) is 2.86. The number of sulfonamides is 1. The van der Waals surface area contributed by atoms with Gasteiger partial charge in [0.2, 0.25) is 10.0 Å². The summed E-state index contributed by atoms with van der Waals surface area (Å²) in [5.41, 5.74) is 2.06. The van der Waals surface area contributed by atoms with Crippen LogP contribution in [0.3, 0.4) is 0 Å². The average molecular weight is 501 g/mol. The minimum atomic E-state index is -3.47. The monoisotopic (exact) mass is 500 g/mol. The van der Waals surface area contributed by atoms with Crippen molar-refractivity contribution >= 4 is 61.3 Å². The van der Waals surface area contributed by atoms with E-state index < -0.39 is 15.9 Å². The van der Waals surface area contributed by atoms with Crippen molar-refractivity contribution in [2.75, 3.05) is 18.1 Å². The van der Waals surface area contributed by atoms with E-state index in [0.29, 0.717) is 23.0 Å². The molecule has 0 bridgehead atoms. The molecule has 2 aromatic rings. The van der Waals surface area contributed by atoms with Gasteiger partial charge in [0.15, 0.2) is 0 Å². The van der Waals surface area contributed by atoms with Crippen LogP contribution >= 0.6 is 24.2 Å². The highest BCUT2D eigenvalue weighted by atomic mass is 32.2. The molecule has 11 heteroatoms. The van der Waals surface area contributed by atoms with Gasteiger partial charge in [0.25, 0.3) is 0 Å². The number of nitrogens with zero attached hydrogens (tertiary/aromatic N) is 5. The molecule has 4 rings (SSSR count). The highest BCUT2D eigenvalue weighted by molar-refractivity contribution is 8.22. The zero-order chi connectivity index (χ0) is 23.4. The molecule has 2 aliphatic rings. The second-order valence-electron chi connectivity index (χ2n) is 7.76. The predicted octanol–water partition coefficient (Wildman–Crippen LogP) is 5.41. The highest BCUT2D eigenvalue weighted by Crippen LogP contribution is 2.29. The molecule has 0 aromatic heterocycles. The third-order valence-corrected chi connectivity index (χ3v) is 8.44. The molecule has 0 amide bonds. The standard InChI is InChI=1S/C22H24N6O2S3/c1-16-20(21(23)28(25-16)18-8-4-2-5-9-18)22(31)32-26-24-17-10-12-19(13-11-17)33(29,30)27-14-6-3-7-15-27/h2,4-5,8-13,20,23H,3,6-7,14-15H2,1H3. The van der Waals surface area contributed by atoms with Crippen molar-refractivity contribution in [2.45, 2.75) is 31.1 Å². The van der Waals surface area contributed by atoms with Gasteiger partial charge in [-0.25, -0.2) is 13.4 Å². The summed E-state index contributed by atoms with van der Waals surface area (Å²) >= 11 is 6.52. The number of benzene rings is 2. The van der Waals surface area contributed by atoms with Crippen LogP contribution in [0.1, 0.15) is 26.2 Å². The molecule has 0 aliphatic carbocycles. The summed E-state index contributed by atoms with van der Waals surface area (Å²) in [6, 6.07) is 15.9. The molecule has 2 heterocycles. The first-order chi connectivity index (χ1) is 15.9. The molecular weight excluding hydrogens is 476 g/mol. The first-order valence-electron chi connectivity index (χ1n) is 10.6. The predicted molar refractivity (Wildman–Crippen MR) is 137 cm³/mol. The van der Waals surface area contributed by atoms with Crippen molar-refractivity contribution in [1.82, 2.24) is 4.31 Å². The number of hydrogen-bond acceptors (Lipinski definition) is 8. The molecule has 0 spiro atoms. The minimum absolute atomic E-state index is 0.263. The normalized spacial score (nSPS) is 19.8. The van der Waals surface area contributed by atoms with Gasteiger partial charge < -0.3 is 0 Å². The Kier molecular flexibility index (Phi) is 7.32. The molecule has 2 aliphatic heterocycles. The Morgan fingerprint density at radius 2 is 1.76 bits per heavy atom. The number of para-hydroxylation sites is 1. The van der Waals surface area contributed by atoms with Crippen molar-refractivity contribution in [2.24, 2.45) is 20.7 Å². The van der Waals surface area contributed by atoms with Crippen LogP contribution in [0, 0.1) is 11.3 Å². The van der Waals surface area contributed by atoms with Crippen molar-refractivity contribution in [3.63, 3.8) is 0 Å². The van der Waals surface area contributed by atoms with E-state index in [1.807, 2.05) is 37.3 Å². The Labute approximate surface area is 203 Å². The number of anilines is 1. The van der Waals surface area contributed by atoms with Crippen molar-refractivity contribution < 1.29 is 8.42 Å². The van der Waals surface area contributed by atoms with Crippen molar-refractivity contribution in [3.05, 3.63) is 54.6 Å². The maximum atomic E-state index is 12.8. The summed E-state index contributed by atoms with van der Waals surface area (Å²) in [5.74, 6) is -0.153. The van der Waals surface area contributed by atoms with Crippen LogP contribution in [0.2, 0.25) is 0 Å². The van der Waals surface area contributed by atoms with E-state index in [4.69, 9.17) is 17.6 Å². The smallest absolute Gasteiger partial charge is 0.243 e. The van der Waals surface area contributed by atoms with Crippen LogP contribution in [0.4, 0.5) is 11.4 Å². The second-order valence-corrected chi connectivity index (χ2v) is 11.2. The van der Waals surface area contributed by atoms with E-state index >= 15 is 0 Å². The Bertz CT molecular complexity index is 1190. The third kappa shape index (κ3) is 5.21. The van der Waals surface area contributed by atoms with E-state index in [1.165, 1.54) is 0 Å². The van der Waals surface area contributed by atoms with Crippen LogP contribution in [-0.2, 0) is 10.0 Å². The Morgan fingerprint density at radius 1 is 1.09 bits per heavy atom. The summed E-state index contributed by atoms with van der Waals surface area (Å²) in [6.45, 7) is 2.98. The second kappa shape index (κ2) is 10.2. The molecule has 1 N–H and O–H groups in total. The van der Waals surface area contributed by atoms with Gasteiger partial charge in [-0.05, 0) is 56.2 Å². The van der Waals surface area contributed by atoms with Crippen LogP contribution in [0.15, 0.2) is 74.2 Å². The molecule has 1 saturated heterocycles. The lowest BCUT2D eigenvalue weighted by Gasteiger charge is -2.25.